The first-order chi connectivity index (χ1) is 8.04. The van der Waals surface area contributed by atoms with E-state index in [2.05, 4.69) is 10.3 Å². The summed E-state index contributed by atoms with van der Waals surface area (Å²) < 4.78 is 0. The van der Waals surface area contributed by atoms with Gasteiger partial charge >= 0.3 is 0 Å². The molecule has 2 amide bonds. The molecule has 0 saturated heterocycles. The van der Waals surface area contributed by atoms with Crippen LogP contribution in [0.4, 0.5) is 0 Å². The van der Waals surface area contributed by atoms with Crippen molar-refractivity contribution in [3.05, 3.63) is 29.0 Å². The molecule has 0 radical (unpaired) electrons. The number of aromatic nitrogens is 1. The van der Waals surface area contributed by atoms with E-state index >= 15 is 0 Å². The lowest BCUT2D eigenvalue weighted by molar-refractivity contribution is -0.120. The molecule has 1 rings (SSSR count). The van der Waals surface area contributed by atoms with Crippen LogP contribution in [0.2, 0.25) is 5.15 Å². The van der Waals surface area contributed by atoms with Crippen LogP contribution in [-0.4, -0.2) is 22.8 Å². The van der Waals surface area contributed by atoms with Crippen LogP contribution in [0.25, 0.3) is 0 Å². The predicted molar refractivity (Wildman–Crippen MR) is 64.6 cm³/mol. The van der Waals surface area contributed by atoms with Gasteiger partial charge in [-0.15, -0.1) is 0 Å². The predicted octanol–water partition coefficient (Wildman–Crippen LogP) is 1.12. The highest BCUT2D eigenvalue weighted by Crippen LogP contribution is 2.06. The molecule has 3 N–H and O–H groups in total. The van der Waals surface area contributed by atoms with Gasteiger partial charge in [-0.05, 0) is 18.6 Å². The molecule has 0 aromatic carbocycles. The van der Waals surface area contributed by atoms with Gasteiger partial charge in [0, 0.05) is 6.20 Å². The van der Waals surface area contributed by atoms with Crippen LogP contribution in [0.3, 0.4) is 0 Å². The Labute approximate surface area is 104 Å². The van der Waals surface area contributed by atoms with Gasteiger partial charge in [-0.2, -0.15) is 0 Å². The number of hydrogen-bond donors (Lipinski definition) is 2. The number of rotatable bonds is 5. The highest BCUT2D eigenvalue weighted by molar-refractivity contribution is 6.29. The maximum Gasteiger partial charge on any atom is 0.253 e. The fourth-order valence-corrected chi connectivity index (χ4v) is 1.44. The standard InChI is InChI=1S/C11H14ClN3O2/c1-2-3-8(10(13)16)15-11(17)7-4-5-9(12)14-6-7/h4-6,8H,2-3H2,1H3,(H2,13,16)(H,15,17). The summed E-state index contributed by atoms with van der Waals surface area (Å²) in [6.07, 6.45) is 2.62. The quantitative estimate of drug-likeness (QED) is 0.773. The summed E-state index contributed by atoms with van der Waals surface area (Å²) in [5.74, 6) is -0.923. The number of nitrogens with one attached hydrogen (secondary N) is 1. The molecule has 0 aliphatic carbocycles. The Morgan fingerprint density at radius 1 is 1.53 bits per heavy atom. The fourth-order valence-electron chi connectivity index (χ4n) is 1.33. The summed E-state index contributed by atoms with van der Waals surface area (Å²) in [5.41, 5.74) is 5.53. The average Bonchev–Trinajstić information content (AvgIpc) is 2.29. The van der Waals surface area contributed by atoms with Crippen LogP contribution in [0.15, 0.2) is 18.3 Å². The van der Waals surface area contributed by atoms with Crippen molar-refractivity contribution in [2.45, 2.75) is 25.8 Å². The maximum atomic E-state index is 11.7. The first kappa shape index (κ1) is 13.4. The SMILES string of the molecule is CCCC(NC(=O)c1ccc(Cl)nc1)C(N)=O. The van der Waals surface area contributed by atoms with E-state index in [9.17, 15) is 9.59 Å². The molecule has 17 heavy (non-hydrogen) atoms. The largest absolute Gasteiger partial charge is 0.368 e. The van der Waals surface area contributed by atoms with Crippen molar-refractivity contribution in [2.24, 2.45) is 5.73 Å². The minimum absolute atomic E-state index is 0.307. The van der Waals surface area contributed by atoms with Gasteiger partial charge in [0.25, 0.3) is 5.91 Å². The van der Waals surface area contributed by atoms with Crippen molar-refractivity contribution in [3.8, 4) is 0 Å². The number of nitrogens with zero attached hydrogens (tertiary/aromatic N) is 1. The van der Waals surface area contributed by atoms with Crippen LogP contribution >= 0.6 is 11.6 Å². The smallest absolute Gasteiger partial charge is 0.253 e. The number of primary amides is 1. The van der Waals surface area contributed by atoms with Crippen molar-refractivity contribution in [1.82, 2.24) is 10.3 Å². The second kappa shape index (κ2) is 6.20. The van der Waals surface area contributed by atoms with Crippen LogP contribution in [-0.2, 0) is 4.79 Å². The molecule has 0 aliphatic heterocycles. The zero-order valence-electron chi connectivity index (χ0n) is 9.44. The van der Waals surface area contributed by atoms with Crippen LogP contribution in [0.5, 0.6) is 0 Å². The van der Waals surface area contributed by atoms with E-state index in [-0.39, 0.29) is 5.91 Å². The van der Waals surface area contributed by atoms with Crippen molar-refractivity contribution >= 4 is 23.4 Å². The summed E-state index contributed by atoms with van der Waals surface area (Å²) in [5, 5.41) is 2.86. The van der Waals surface area contributed by atoms with E-state index in [1.54, 1.807) is 0 Å². The van der Waals surface area contributed by atoms with E-state index < -0.39 is 11.9 Å². The molecule has 0 fully saturated rings. The van der Waals surface area contributed by atoms with E-state index in [1.807, 2.05) is 6.92 Å². The van der Waals surface area contributed by atoms with Gasteiger partial charge in [0.05, 0.1) is 5.56 Å². The van der Waals surface area contributed by atoms with Crippen LogP contribution < -0.4 is 11.1 Å². The van der Waals surface area contributed by atoms with Crippen LogP contribution in [0, 0.1) is 0 Å². The Kier molecular flexibility index (Phi) is 4.90. The van der Waals surface area contributed by atoms with Gasteiger partial charge in [0.2, 0.25) is 5.91 Å². The van der Waals surface area contributed by atoms with Gasteiger partial charge in [0.1, 0.15) is 11.2 Å². The summed E-state index contributed by atoms with van der Waals surface area (Å²) in [4.78, 5) is 26.6. The molecule has 1 unspecified atom stereocenters. The summed E-state index contributed by atoms with van der Waals surface area (Å²) in [6, 6.07) is 2.40. The summed E-state index contributed by atoms with van der Waals surface area (Å²) in [7, 11) is 0. The molecule has 0 saturated carbocycles. The minimum atomic E-state index is -0.650. The molecule has 0 aliphatic rings. The lowest BCUT2D eigenvalue weighted by Gasteiger charge is -2.14. The molecular weight excluding hydrogens is 242 g/mol. The molecule has 1 atom stereocenters. The number of halogens is 1. The molecule has 5 nitrogen and oxygen atoms in total. The molecule has 1 aromatic heterocycles. The second-order valence-corrected chi connectivity index (χ2v) is 3.97. The third-order valence-corrected chi connectivity index (χ3v) is 2.44. The van der Waals surface area contributed by atoms with Crippen LogP contribution in [0.1, 0.15) is 30.1 Å². The lowest BCUT2D eigenvalue weighted by atomic mass is 10.1. The monoisotopic (exact) mass is 255 g/mol. The Morgan fingerprint density at radius 2 is 2.24 bits per heavy atom. The maximum absolute atomic E-state index is 11.7. The number of pyridine rings is 1. The third kappa shape index (κ3) is 4.03. The highest BCUT2D eigenvalue weighted by Gasteiger charge is 2.17. The van der Waals surface area contributed by atoms with Crippen molar-refractivity contribution in [3.63, 3.8) is 0 Å². The molecule has 0 bridgehead atoms. The molecular formula is C11H14ClN3O2. The number of hydrogen-bond acceptors (Lipinski definition) is 3. The molecule has 1 aromatic rings. The first-order valence-corrected chi connectivity index (χ1v) is 5.64. The van der Waals surface area contributed by atoms with Gasteiger partial charge in [-0.25, -0.2) is 4.98 Å². The Bertz CT molecular complexity index is 406. The van der Waals surface area contributed by atoms with Crippen molar-refractivity contribution < 1.29 is 9.59 Å². The molecule has 0 spiro atoms. The summed E-state index contributed by atoms with van der Waals surface area (Å²) >= 11 is 5.61. The van der Waals surface area contributed by atoms with E-state index in [0.717, 1.165) is 6.42 Å². The van der Waals surface area contributed by atoms with E-state index in [0.29, 0.717) is 17.1 Å². The number of carbonyl (C=O) groups excluding carboxylic acids is 2. The van der Waals surface area contributed by atoms with E-state index in [1.165, 1.54) is 18.3 Å². The number of amides is 2. The van der Waals surface area contributed by atoms with Gasteiger partial charge in [-0.1, -0.05) is 24.9 Å². The highest BCUT2D eigenvalue weighted by atomic mass is 35.5. The lowest BCUT2D eigenvalue weighted by Crippen LogP contribution is -2.44. The first-order valence-electron chi connectivity index (χ1n) is 5.26. The molecule has 92 valence electrons. The Balaban J connectivity index is 2.70. The Hall–Kier alpha value is -1.62. The summed E-state index contributed by atoms with van der Waals surface area (Å²) in [6.45, 7) is 1.91. The second-order valence-electron chi connectivity index (χ2n) is 3.59. The topological polar surface area (TPSA) is 85.1 Å². The third-order valence-electron chi connectivity index (χ3n) is 2.22. The van der Waals surface area contributed by atoms with E-state index in [4.69, 9.17) is 17.3 Å². The van der Waals surface area contributed by atoms with Gasteiger partial charge in [0.15, 0.2) is 0 Å². The van der Waals surface area contributed by atoms with Gasteiger partial charge < -0.3 is 11.1 Å². The zero-order chi connectivity index (χ0) is 12.8. The fraction of sp³-hybridized carbons (Fsp3) is 0.364. The zero-order valence-corrected chi connectivity index (χ0v) is 10.2. The minimum Gasteiger partial charge on any atom is -0.368 e. The van der Waals surface area contributed by atoms with Gasteiger partial charge in [-0.3, -0.25) is 9.59 Å². The van der Waals surface area contributed by atoms with Crippen molar-refractivity contribution in [2.75, 3.05) is 0 Å². The molecule has 1 heterocycles. The number of nitrogens with two attached hydrogens (primary N) is 1. The van der Waals surface area contributed by atoms with Crippen molar-refractivity contribution in [1.29, 1.82) is 0 Å². The normalized spacial score (nSPS) is 11.9. The number of carbonyl (C=O) groups is 2. The Morgan fingerprint density at radius 3 is 2.71 bits per heavy atom. The average molecular weight is 256 g/mol. The molecule has 6 heteroatoms.